The summed E-state index contributed by atoms with van der Waals surface area (Å²) in [6.07, 6.45) is 4.99. The van der Waals surface area contributed by atoms with Gasteiger partial charge in [-0.2, -0.15) is 0 Å². The van der Waals surface area contributed by atoms with Gasteiger partial charge in [-0.25, -0.2) is 4.79 Å². The number of oxime groups is 1. The number of hydrogen-bond donors (Lipinski definition) is 1. The first-order valence-electron chi connectivity index (χ1n) is 11.0. The van der Waals surface area contributed by atoms with Crippen LogP contribution in [0.25, 0.3) is 10.9 Å². The highest BCUT2D eigenvalue weighted by atomic mass is 16.6. The van der Waals surface area contributed by atoms with Crippen LogP contribution in [-0.2, 0) is 4.84 Å². The molecule has 0 spiro atoms. The van der Waals surface area contributed by atoms with E-state index in [-0.39, 0.29) is 23.6 Å². The molecule has 33 heavy (non-hydrogen) atoms. The number of aromatic nitrogens is 2. The Morgan fingerprint density at radius 1 is 1.21 bits per heavy atom. The Morgan fingerprint density at radius 3 is 2.76 bits per heavy atom. The van der Waals surface area contributed by atoms with Crippen LogP contribution in [0.2, 0.25) is 0 Å². The molecule has 3 aromatic rings. The molecule has 2 fully saturated rings. The molecule has 0 bridgehead atoms. The van der Waals surface area contributed by atoms with E-state index < -0.39 is 11.4 Å². The highest BCUT2D eigenvalue weighted by Crippen LogP contribution is 2.44. The number of carboxylic acids is 1. The van der Waals surface area contributed by atoms with E-state index in [2.05, 4.69) is 15.0 Å². The van der Waals surface area contributed by atoms with Crippen molar-refractivity contribution in [3.8, 4) is 5.75 Å². The fourth-order valence-electron chi connectivity index (χ4n) is 4.93. The summed E-state index contributed by atoms with van der Waals surface area (Å²) in [4.78, 5) is 36.9. The summed E-state index contributed by atoms with van der Waals surface area (Å²) in [7, 11) is 1.58. The van der Waals surface area contributed by atoms with Gasteiger partial charge in [0, 0.05) is 25.0 Å². The van der Waals surface area contributed by atoms with Gasteiger partial charge in [-0.15, -0.1) is 0 Å². The Balaban J connectivity index is 1.43. The average molecular weight is 446 g/mol. The molecule has 1 saturated heterocycles. The summed E-state index contributed by atoms with van der Waals surface area (Å²) in [5, 5.41) is 14.2. The van der Waals surface area contributed by atoms with Crippen molar-refractivity contribution >= 4 is 28.3 Å². The van der Waals surface area contributed by atoms with Gasteiger partial charge in [0.25, 0.3) is 0 Å². The number of rotatable bonds is 5. The van der Waals surface area contributed by atoms with Crippen LogP contribution in [0.15, 0.2) is 52.7 Å². The summed E-state index contributed by atoms with van der Waals surface area (Å²) >= 11 is 0. The Bertz CT molecular complexity index is 1360. The number of anilines is 1. The summed E-state index contributed by atoms with van der Waals surface area (Å²) in [5.41, 5.74) is 2.42. The van der Waals surface area contributed by atoms with Crippen molar-refractivity contribution in [1.82, 2.24) is 9.55 Å². The number of pyridine rings is 2. The third-order valence-corrected chi connectivity index (χ3v) is 6.67. The summed E-state index contributed by atoms with van der Waals surface area (Å²) in [5.74, 6) is -0.574. The van der Waals surface area contributed by atoms with Crippen LogP contribution >= 0.6 is 0 Å². The van der Waals surface area contributed by atoms with Crippen LogP contribution in [0.3, 0.4) is 0 Å². The molecule has 0 unspecified atom stereocenters. The average Bonchev–Trinajstić information content (AvgIpc) is 3.46. The highest BCUT2D eigenvalue weighted by Gasteiger charge is 2.44. The minimum Gasteiger partial charge on any atom is -0.492 e. The van der Waals surface area contributed by atoms with Crippen LogP contribution in [-0.4, -0.2) is 52.6 Å². The zero-order valence-corrected chi connectivity index (χ0v) is 18.0. The SMILES string of the molecule is COc1c(N2C[C@@H]3C(c4ccccn4)=NO[C@@H]3C2)ccc2c(=O)c(C(=O)O)cn(C3CC3)c12. The zero-order valence-electron chi connectivity index (χ0n) is 18.0. The van der Waals surface area contributed by atoms with Gasteiger partial charge in [-0.3, -0.25) is 9.78 Å². The lowest BCUT2D eigenvalue weighted by atomic mass is 9.98. The summed E-state index contributed by atoms with van der Waals surface area (Å²) in [6, 6.07) is 9.44. The van der Waals surface area contributed by atoms with E-state index in [1.54, 1.807) is 19.4 Å². The van der Waals surface area contributed by atoms with Crippen molar-refractivity contribution < 1.29 is 19.5 Å². The fourth-order valence-corrected chi connectivity index (χ4v) is 4.93. The molecule has 168 valence electrons. The maximum absolute atomic E-state index is 12.9. The van der Waals surface area contributed by atoms with Gasteiger partial charge in [0.05, 0.1) is 41.9 Å². The van der Waals surface area contributed by atoms with Crippen molar-refractivity contribution in [3.05, 3.63) is 64.2 Å². The van der Waals surface area contributed by atoms with Crippen LogP contribution in [0.5, 0.6) is 5.75 Å². The molecule has 9 heteroatoms. The van der Waals surface area contributed by atoms with Gasteiger partial charge in [0.15, 0.2) is 11.9 Å². The first-order chi connectivity index (χ1) is 16.1. The zero-order chi connectivity index (χ0) is 22.7. The number of carboxylic acid groups (broad SMARTS) is 1. The van der Waals surface area contributed by atoms with Crippen molar-refractivity contribution in [2.45, 2.75) is 25.0 Å². The molecule has 6 rings (SSSR count). The lowest BCUT2D eigenvalue weighted by Crippen LogP contribution is -2.25. The first kappa shape index (κ1) is 19.8. The number of ether oxygens (including phenoxy) is 1. The predicted octanol–water partition coefficient (Wildman–Crippen LogP) is 2.68. The fraction of sp³-hybridized carbons (Fsp3) is 0.333. The quantitative estimate of drug-likeness (QED) is 0.642. The number of hydrogen-bond acceptors (Lipinski definition) is 7. The molecule has 2 atom stereocenters. The van der Waals surface area contributed by atoms with Gasteiger partial charge in [0.1, 0.15) is 11.3 Å². The lowest BCUT2D eigenvalue weighted by Gasteiger charge is -2.24. The molecule has 4 heterocycles. The number of fused-ring (bicyclic) bond motifs is 2. The van der Waals surface area contributed by atoms with E-state index in [9.17, 15) is 14.7 Å². The van der Waals surface area contributed by atoms with Crippen molar-refractivity contribution in [2.24, 2.45) is 11.1 Å². The van der Waals surface area contributed by atoms with Crippen LogP contribution in [0.1, 0.15) is 34.9 Å². The summed E-state index contributed by atoms with van der Waals surface area (Å²) < 4.78 is 7.75. The molecule has 1 aliphatic carbocycles. The Labute approximate surface area is 188 Å². The monoisotopic (exact) mass is 446 g/mol. The third kappa shape index (κ3) is 3.06. The van der Waals surface area contributed by atoms with Gasteiger partial charge in [-0.05, 0) is 37.1 Å². The molecule has 1 N–H and O–H groups in total. The van der Waals surface area contributed by atoms with Crippen LogP contribution in [0.4, 0.5) is 5.69 Å². The molecule has 0 radical (unpaired) electrons. The largest absolute Gasteiger partial charge is 0.492 e. The standard InChI is InChI=1S/C24H22N4O5/c1-32-23-18(27-10-15-19(12-27)33-26-20(15)17-4-2-3-9-25-17)8-7-14-21(23)28(13-5-6-13)11-16(22(14)29)24(30)31/h2-4,7-9,11,13,15,19H,5-6,10,12H2,1H3,(H,30,31)/t15-,19+/m0/s1. The topological polar surface area (TPSA) is 106 Å². The Morgan fingerprint density at radius 2 is 2.06 bits per heavy atom. The van der Waals surface area contributed by atoms with E-state index in [1.807, 2.05) is 28.8 Å². The molecular weight excluding hydrogens is 424 g/mol. The number of benzene rings is 1. The molecule has 2 aromatic heterocycles. The summed E-state index contributed by atoms with van der Waals surface area (Å²) in [6.45, 7) is 1.29. The van der Waals surface area contributed by atoms with E-state index in [0.29, 0.717) is 29.7 Å². The van der Waals surface area contributed by atoms with Crippen molar-refractivity contribution in [1.29, 1.82) is 0 Å². The molecule has 2 aliphatic heterocycles. The van der Waals surface area contributed by atoms with E-state index >= 15 is 0 Å². The Kier molecular flexibility index (Phi) is 4.39. The minimum absolute atomic E-state index is 0.0697. The molecule has 1 aromatic carbocycles. The maximum atomic E-state index is 12.9. The van der Waals surface area contributed by atoms with Crippen LogP contribution in [0, 0.1) is 5.92 Å². The first-order valence-corrected chi connectivity index (χ1v) is 11.0. The highest BCUT2D eigenvalue weighted by molar-refractivity contribution is 6.02. The second-order valence-electron chi connectivity index (χ2n) is 8.68. The molecule has 0 amide bonds. The van der Waals surface area contributed by atoms with Crippen LogP contribution < -0.4 is 15.1 Å². The minimum atomic E-state index is -1.22. The molecular formula is C24H22N4O5. The van der Waals surface area contributed by atoms with Gasteiger partial charge in [0.2, 0.25) is 5.43 Å². The predicted molar refractivity (Wildman–Crippen MR) is 121 cm³/mol. The van der Waals surface area contributed by atoms with Gasteiger partial charge in [-0.1, -0.05) is 11.2 Å². The smallest absolute Gasteiger partial charge is 0.341 e. The van der Waals surface area contributed by atoms with E-state index in [1.165, 1.54) is 6.20 Å². The van der Waals surface area contributed by atoms with E-state index in [4.69, 9.17) is 9.57 Å². The molecule has 9 nitrogen and oxygen atoms in total. The number of aromatic carboxylic acids is 1. The number of nitrogens with zero attached hydrogens (tertiary/aromatic N) is 4. The lowest BCUT2D eigenvalue weighted by molar-refractivity contribution is 0.0694. The van der Waals surface area contributed by atoms with Crippen molar-refractivity contribution in [2.75, 3.05) is 25.1 Å². The normalized spacial score (nSPS) is 21.6. The maximum Gasteiger partial charge on any atom is 0.341 e. The van der Waals surface area contributed by atoms with Crippen molar-refractivity contribution in [3.63, 3.8) is 0 Å². The third-order valence-electron chi connectivity index (χ3n) is 6.67. The van der Waals surface area contributed by atoms with Gasteiger partial charge >= 0.3 is 5.97 Å². The molecule has 3 aliphatic rings. The Hall–Kier alpha value is -3.88. The number of carbonyl (C=O) groups is 1. The van der Waals surface area contributed by atoms with Gasteiger partial charge < -0.3 is 24.1 Å². The number of methoxy groups -OCH3 is 1. The molecule has 1 saturated carbocycles. The van der Waals surface area contributed by atoms with E-state index in [0.717, 1.165) is 29.9 Å². The second kappa shape index (κ2) is 7.33. The second-order valence-corrected chi connectivity index (χ2v) is 8.68.